The number of carbonyl (C=O) groups excluding carboxylic acids is 1. The van der Waals surface area contributed by atoms with E-state index in [9.17, 15) is 4.79 Å². The molecule has 0 spiro atoms. The molecule has 2 aromatic heterocycles. The summed E-state index contributed by atoms with van der Waals surface area (Å²) in [5.41, 5.74) is 2.91. The fraction of sp³-hybridized carbons (Fsp3) is 0.278. The Kier molecular flexibility index (Phi) is 4.20. The topological polar surface area (TPSA) is 72.4 Å². The lowest BCUT2D eigenvalue weighted by Gasteiger charge is -2.16. The molecule has 3 aromatic rings. The van der Waals surface area contributed by atoms with Gasteiger partial charge in [0.2, 0.25) is 11.8 Å². The van der Waals surface area contributed by atoms with Crippen molar-refractivity contribution in [2.24, 2.45) is 0 Å². The minimum Gasteiger partial charge on any atom is -0.441 e. The van der Waals surface area contributed by atoms with Gasteiger partial charge in [-0.05, 0) is 32.9 Å². The first-order valence-electron chi connectivity index (χ1n) is 7.68. The zero-order chi connectivity index (χ0) is 17.3. The van der Waals surface area contributed by atoms with Crippen LogP contribution in [0.3, 0.4) is 0 Å². The van der Waals surface area contributed by atoms with Crippen molar-refractivity contribution in [1.82, 2.24) is 10.1 Å². The summed E-state index contributed by atoms with van der Waals surface area (Å²) in [7, 11) is 1.71. The maximum atomic E-state index is 12.6. The average molecular weight is 325 g/mol. The van der Waals surface area contributed by atoms with E-state index in [2.05, 4.69) is 10.1 Å². The lowest BCUT2D eigenvalue weighted by Crippen LogP contribution is -2.29. The number of anilines is 1. The van der Waals surface area contributed by atoms with Crippen molar-refractivity contribution < 1.29 is 13.7 Å². The zero-order valence-corrected chi connectivity index (χ0v) is 14.2. The van der Waals surface area contributed by atoms with Gasteiger partial charge >= 0.3 is 0 Å². The molecule has 24 heavy (non-hydrogen) atoms. The quantitative estimate of drug-likeness (QED) is 0.734. The molecule has 3 rings (SSSR count). The Balaban J connectivity index is 1.81. The second-order valence-corrected chi connectivity index (χ2v) is 5.69. The molecule has 0 radical (unpaired) electrons. The van der Waals surface area contributed by atoms with Crippen LogP contribution >= 0.6 is 0 Å². The summed E-state index contributed by atoms with van der Waals surface area (Å²) in [6.45, 7) is 5.41. The van der Waals surface area contributed by atoms with Crippen LogP contribution in [0.2, 0.25) is 0 Å². The minimum atomic E-state index is -0.0968. The van der Waals surface area contributed by atoms with Crippen LogP contribution in [0.15, 0.2) is 39.3 Å². The fourth-order valence-corrected chi connectivity index (χ4v) is 2.64. The predicted molar refractivity (Wildman–Crippen MR) is 89.8 cm³/mol. The van der Waals surface area contributed by atoms with Crippen molar-refractivity contribution in [1.29, 1.82) is 0 Å². The van der Waals surface area contributed by atoms with Gasteiger partial charge in [-0.2, -0.15) is 0 Å². The molecule has 0 N–H and O–H groups in total. The second kappa shape index (κ2) is 6.31. The monoisotopic (exact) mass is 325 g/mol. The van der Waals surface area contributed by atoms with Crippen LogP contribution in [0.4, 0.5) is 5.69 Å². The van der Waals surface area contributed by atoms with Gasteiger partial charge in [-0.1, -0.05) is 23.4 Å². The van der Waals surface area contributed by atoms with Crippen LogP contribution in [0.5, 0.6) is 0 Å². The number of aromatic nitrogens is 2. The van der Waals surface area contributed by atoms with Crippen LogP contribution in [0.25, 0.3) is 11.5 Å². The molecule has 0 aliphatic heterocycles. The molecule has 6 nitrogen and oxygen atoms in total. The summed E-state index contributed by atoms with van der Waals surface area (Å²) in [6.07, 6.45) is 0.155. The van der Waals surface area contributed by atoms with E-state index in [0.29, 0.717) is 34.5 Å². The van der Waals surface area contributed by atoms with Crippen molar-refractivity contribution in [2.45, 2.75) is 27.2 Å². The Morgan fingerprint density at radius 1 is 1.12 bits per heavy atom. The molecule has 6 heteroatoms. The maximum absolute atomic E-state index is 12.6. The molecule has 0 aliphatic carbocycles. The van der Waals surface area contributed by atoms with Gasteiger partial charge < -0.3 is 13.8 Å². The van der Waals surface area contributed by atoms with E-state index in [0.717, 1.165) is 5.56 Å². The Morgan fingerprint density at radius 3 is 2.46 bits per heavy atom. The summed E-state index contributed by atoms with van der Waals surface area (Å²) in [6, 6.07) is 9.62. The molecule has 0 saturated carbocycles. The number of oxazole rings is 1. The number of nitrogens with zero attached hydrogens (tertiary/aromatic N) is 3. The number of rotatable bonds is 4. The fourth-order valence-electron chi connectivity index (χ4n) is 2.64. The molecule has 0 bridgehead atoms. The third-order valence-electron chi connectivity index (χ3n) is 3.94. The molecule has 0 unspecified atom stereocenters. The van der Waals surface area contributed by atoms with Crippen LogP contribution in [-0.2, 0) is 11.2 Å². The van der Waals surface area contributed by atoms with E-state index in [1.807, 2.05) is 44.2 Å². The van der Waals surface area contributed by atoms with Crippen LogP contribution in [0.1, 0.15) is 22.9 Å². The number of hydrogen-bond donors (Lipinski definition) is 0. The van der Waals surface area contributed by atoms with E-state index < -0.39 is 0 Å². The summed E-state index contributed by atoms with van der Waals surface area (Å²) in [4.78, 5) is 18.6. The largest absolute Gasteiger partial charge is 0.441 e. The van der Waals surface area contributed by atoms with Crippen molar-refractivity contribution in [3.63, 3.8) is 0 Å². The lowest BCUT2D eigenvalue weighted by atomic mass is 10.2. The molecule has 1 aromatic carbocycles. The molecule has 124 valence electrons. The van der Waals surface area contributed by atoms with Crippen molar-refractivity contribution in [2.75, 3.05) is 11.9 Å². The van der Waals surface area contributed by atoms with Crippen LogP contribution < -0.4 is 4.90 Å². The maximum Gasteiger partial charge on any atom is 0.233 e. The highest BCUT2D eigenvalue weighted by atomic mass is 16.5. The van der Waals surface area contributed by atoms with Crippen LogP contribution in [0, 0.1) is 20.8 Å². The number of likely N-dealkylation sites (N-methyl/N-ethyl adjacent to an activating group) is 1. The Bertz CT molecular complexity index is 846. The SMILES string of the molecule is Cc1noc(C)c1N(C)C(=O)Cc1nc(-c2ccccc2)oc1C. The third-order valence-corrected chi connectivity index (χ3v) is 3.94. The number of amides is 1. The normalized spacial score (nSPS) is 10.8. The summed E-state index contributed by atoms with van der Waals surface area (Å²) in [5, 5.41) is 3.88. The van der Waals surface area contributed by atoms with Gasteiger partial charge in [0.15, 0.2) is 5.76 Å². The van der Waals surface area contributed by atoms with Gasteiger partial charge in [0.1, 0.15) is 17.1 Å². The second-order valence-electron chi connectivity index (χ2n) is 5.69. The first-order valence-corrected chi connectivity index (χ1v) is 7.68. The van der Waals surface area contributed by atoms with Gasteiger partial charge in [0.25, 0.3) is 0 Å². The Labute approximate surface area is 140 Å². The van der Waals surface area contributed by atoms with Gasteiger partial charge in [-0.3, -0.25) is 4.79 Å². The van der Waals surface area contributed by atoms with Gasteiger partial charge in [-0.15, -0.1) is 0 Å². The molecule has 1 amide bonds. The molecule has 0 fully saturated rings. The number of carbonyl (C=O) groups is 1. The highest BCUT2D eigenvalue weighted by molar-refractivity contribution is 5.95. The first-order chi connectivity index (χ1) is 11.5. The number of hydrogen-bond acceptors (Lipinski definition) is 5. The molecule has 2 heterocycles. The third kappa shape index (κ3) is 2.95. The van der Waals surface area contributed by atoms with Crippen molar-refractivity contribution in [3.05, 3.63) is 53.2 Å². The van der Waals surface area contributed by atoms with Crippen LogP contribution in [-0.4, -0.2) is 23.1 Å². The summed E-state index contributed by atoms with van der Waals surface area (Å²) in [5.74, 6) is 1.69. The predicted octanol–water partition coefficient (Wildman–Crippen LogP) is 3.46. The Hall–Kier alpha value is -2.89. The lowest BCUT2D eigenvalue weighted by molar-refractivity contribution is -0.117. The molecular formula is C18H19N3O3. The smallest absolute Gasteiger partial charge is 0.233 e. The molecular weight excluding hydrogens is 306 g/mol. The van der Waals surface area contributed by atoms with E-state index in [4.69, 9.17) is 8.94 Å². The highest BCUT2D eigenvalue weighted by Gasteiger charge is 2.22. The number of benzene rings is 1. The minimum absolute atomic E-state index is 0.0968. The number of aryl methyl sites for hydroxylation is 3. The molecule has 0 saturated heterocycles. The standard InChI is InChI=1S/C18H19N3O3/c1-11-17(13(3)24-20-11)21(4)16(22)10-15-12(2)23-18(19-15)14-8-6-5-7-9-14/h5-9H,10H2,1-4H3. The van der Waals surface area contributed by atoms with Gasteiger partial charge in [-0.25, -0.2) is 4.98 Å². The van der Waals surface area contributed by atoms with Gasteiger partial charge in [0, 0.05) is 12.6 Å². The molecule has 0 aliphatic rings. The average Bonchev–Trinajstić information content (AvgIpc) is 3.10. The van der Waals surface area contributed by atoms with E-state index in [-0.39, 0.29) is 12.3 Å². The molecule has 0 atom stereocenters. The van der Waals surface area contributed by atoms with E-state index in [1.165, 1.54) is 0 Å². The first kappa shape index (κ1) is 16.0. The Morgan fingerprint density at radius 2 is 1.83 bits per heavy atom. The van der Waals surface area contributed by atoms with E-state index >= 15 is 0 Å². The van der Waals surface area contributed by atoms with Gasteiger partial charge in [0.05, 0.1) is 12.1 Å². The zero-order valence-electron chi connectivity index (χ0n) is 14.2. The highest BCUT2D eigenvalue weighted by Crippen LogP contribution is 2.25. The summed E-state index contributed by atoms with van der Waals surface area (Å²) < 4.78 is 10.8. The summed E-state index contributed by atoms with van der Waals surface area (Å²) >= 11 is 0. The van der Waals surface area contributed by atoms with Crippen molar-refractivity contribution >= 4 is 11.6 Å². The van der Waals surface area contributed by atoms with E-state index in [1.54, 1.807) is 18.9 Å². The van der Waals surface area contributed by atoms with Crippen molar-refractivity contribution in [3.8, 4) is 11.5 Å².